The van der Waals surface area contributed by atoms with E-state index in [4.69, 9.17) is 9.97 Å². The standard InChI is InChI=1S/C40H34N4/c1-39(2,28-21-23-30(24-22-28)43-33-13-7-5-11-31(33)37-35(43)15-9-25-41-37)27-17-19-29(20-18-27)40(3,4)44-34-14-8-6-12-32(34)38-36(44)16-10-26-42-38/h5-26H,1-4H3. The maximum atomic E-state index is 4.74. The highest BCUT2D eigenvalue weighted by Crippen LogP contribution is 2.39. The summed E-state index contributed by atoms with van der Waals surface area (Å²) >= 11 is 0. The normalized spacial score (nSPS) is 12.5. The molecule has 0 atom stereocenters. The molecule has 0 saturated heterocycles. The Morgan fingerprint density at radius 3 is 1.59 bits per heavy atom. The Balaban J connectivity index is 1.15. The number of para-hydroxylation sites is 2. The van der Waals surface area contributed by atoms with E-state index in [1.807, 2.05) is 24.5 Å². The molecule has 0 fully saturated rings. The van der Waals surface area contributed by atoms with Gasteiger partial charge in [-0.15, -0.1) is 0 Å². The first-order chi connectivity index (χ1) is 21.4. The lowest BCUT2D eigenvalue weighted by Gasteiger charge is -2.31. The molecule has 0 saturated carbocycles. The van der Waals surface area contributed by atoms with Crippen LogP contribution in [0.2, 0.25) is 0 Å². The molecule has 0 unspecified atom stereocenters. The fourth-order valence-electron chi connectivity index (χ4n) is 7.06. The van der Waals surface area contributed by atoms with E-state index < -0.39 is 0 Å². The summed E-state index contributed by atoms with van der Waals surface area (Å²) < 4.78 is 4.75. The van der Waals surface area contributed by atoms with Gasteiger partial charge in [-0.2, -0.15) is 0 Å². The van der Waals surface area contributed by atoms with Gasteiger partial charge < -0.3 is 9.13 Å². The van der Waals surface area contributed by atoms with Crippen molar-refractivity contribution in [2.75, 3.05) is 0 Å². The Morgan fingerprint density at radius 2 is 0.932 bits per heavy atom. The number of pyridine rings is 2. The second kappa shape index (κ2) is 9.65. The SMILES string of the molecule is CC(C)(c1ccc(-n2c3ccccc3c3ncccc32)cc1)c1ccc(C(C)(C)n2c3ccccc3c3ncccc32)cc1. The zero-order chi connectivity index (χ0) is 30.1. The number of hydrogen-bond acceptors (Lipinski definition) is 2. The molecule has 0 aliphatic carbocycles. The van der Waals surface area contributed by atoms with Gasteiger partial charge in [0.2, 0.25) is 0 Å². The van der Waals surface area contributed by atoms with E-state index in [1.54, 1.807) is 0 Å². The van der Waals surface area contributed by atoms with Crippen LogP contribution in [-0.2, 0) is 11.0 Å². The van der Waals surface area contributed by atoms with Gasteiger partial charge >= 0.3 is 0 Å². The number of aromatic nitrogens is 4. The summed E-state index contributed by atoms with van der Waals surface area (Å²) in [5.41, 5.74) is 11.3. The lowest BCUT2D eigenvalue weighted by Crippen LogP contribution is -2.28. The van der Waals surface area contributed by atoms with Gasteiger partial charge in [-0.1, -0.05) is 86.6 Å². The molecule has 4 heterocycles. The third-order valence-electron chi connectivity index (χ3n) is 9.57. The number of rotatable bonds is 5. The van der Waals surface area contributed by atoms with Crippen LogP contribution < -0.4 is 0 Å². The molecule has 0 aliphatic rings. The smallest absolute Gasteiger partial charge is 0.0963 e. The van der Waals surface area contributed by atoms with Crippen molar-refractivity contribution in [3.8, 4) is 5.69 Å². The largest absolute Gasteiger partial charge is 0.329 e. The van der Waals surface area contributed by atoms with Crippen LogP contribution in [0.4, 0.5) is 0 Å². The molecule has 8 rings (SSSR count). The zero-order valence-electron chi connectivity index (χ0n) is 25.5. The molecule has 0 spiro atoms. The number of hydrogen-bond donors (Lipinski definition) is 0. The molecule has 8 aromatic rings. The number of fused-ring (bicyclic) bond motifs is 6. The molecule has 0 aliphatic heterocycles. The molecule has 214 valence electrons. The van der Waals surface area contributed by atoms with Gasteiger partial charge in [-0.3, -0.25) is 9.97 Å². The Kier molecular flexibility index (Phi) is 5.79. The molecule has 44 heavy (non-hydrogen) atoms. The highest BCUT2D eigenvalue weighted by molar-refractivity contribution is 6.07. The van der Waals surface area contributed by atoms with Crippen LogP contribution in [-0.4, -0.2) is 19.1 Å². The summed E-state index contributed by atoms with van der Waals surface area (Å²) in [7, 11) is 0. The number of benzene rings is 4. The second-order valence-corrected chi connectivity index (χ2v) is 12.8. The Labute approximate surface area is 257 Å². The fourth-order valence-corrected chi connectivity index (χ4v) is 7.06. The van der Waals surface area contributed by atoms with Crippen molar-refractivity contribution in [3.63, 3.8) is 0 Å². The zero-order valence-corrected chi connectivity index (χ0v) is 25.5. The fraction of sp³-hybridized carbons (Fsp3) is 0.150. The minimum absolute atomic E-state index is 0.166. The van der Waals surface area contributed by atoms with Gasteiger partial charge in [0.1, 0.15) is 0 Å². The van der Waals surface area contributed by atoms with Gasteiger partial charge in [0.25, 0.3) is 0 Å². The molecule has 0 bridgehead atoms. The van der Waals surface area contributed by atoms with Crippen LogP contribution in [0.1, 0.15) is 44.4 Å². The Hall–Kier alpha value is -5.22. The Morgan fingerprint density at radius 1 is 0.455 bits per heavy atom. The molecule has 0 amide bonds. The molecule has 4 nitrogen and oxygen atoms in total. The second-order valence-electron chi connectivity index (χ2n) is 12.8. The van der Waals surface area contributed by atoms with Crippen molar-refractivity contribution in [1.29, 1.82) is 0 Å². The summed E-state index contributed by atoms with van der Waals surface area (Å²) in [5, 5.41) is 2.36. The van der Waals surface area contributed by atoms with E-state index in [0.717, 1.165) is 27.8 Å². The van der Waals surface area contributed by atoms with Crippen LogP contribution in [0, 0.1) is 0 Å². The predicted octanol–water partition coefficient (Wildman–Crippen LogP) is 9.79. The molecule has 0 radical (unpaired) electrons. The monoisotopic (exact) mass is 570 g/mol. The van der Waals surface area contributed by atoms with E-state index in [-0.39, 0.29) is 11.0 Å². The molecule has 0 N–H and O–H groups in total. The molecule has 4 aromatic carbocycles. The average Bonchev–Trinajstić information content (AvgIpc) is 3.58. The molecule has 4 heteroatoms. The van der Waals surface area contributed by atoms with Gasteiger partial charge in [0.05, 0.1) is 38.6 Å². The van der Waals surface area contributed by atoms with Crippen LogP contribution in [0.15, 0.2) is 134 Å². The minimum atomic E-state index is -0.272. The van der Waals surface area contributed by atoms with Crippen LogP contribution in [0.25, 0.3) is 49.6 Å². The van der Waals surface area contributed by atoms with E-state index in [0.29, 0.717) is 0 Å². The molecule has 4 aromatic heterocycles. The van der Waals surface area contributed by atoms with Crippen LogP contribution >= 0.6 is 0 Å². The molecular formula is C40H34N4. The Bertz CT molecular complexity index is 2210. The maximum absolute atomic E-state index is 4.74. The first-order valence-electron chi connectivity index (χ1n) is 15.3. The topological polar surface area (TPSA) is 35.6 Å². The van der Waals surface area contributed by atoms with Crippen LogP contribution in [0.5, 0.6) is 0 Å². The van der Waals surface area contributed by atoms with Gasteiger partial charge in [0.15, 0.2) is 0 Å². The minimum Gasteiger partial charge on any atom is -0.329 e. The first-order valence-corrected chi connectivity index (χ1v) is 15.3. The highest BCUT2D eigenvalue weighted by Gasteiger charge is 2.29. The van der Waals surface area contributed by atoms with Crippen molar-refractivity contribution in [2.24, 2.45) is 0 Å². The van der Waals surface area contributed by atoms with E-state index >= 15 is 0 Å². The summed E-state index contributed by atoms with van der Waals surface area (Å²) in [4.78, 5) is 9.44. The van der Waals surface area contributed by atoms with Crippen molar-refractivity contribution in [2.45, 2.75) is 38.6 Å². The van der Waals surface area contributed by atoms with Crippen molar-refractivity contribution in [1.82, 2.24) is 19.1 Å². The number of nitrogens with zero attached hydrogens (tertiary/aromatic N) is 4. The van der Waals surface area contributed by atoms with Crippen molar-refractivity contribution >= 4 is 43.9 Å². The van der Waals surface area contributed by atoms with Gasteiger partial charge in [-0.05, 0) is 79.1 Å². The third kappa shape index (κ3) is 3.84. The quantitative estimate of drug-likeness (QED) is 0.206. The molecular weight excluding hydrogens is 536 g/mol. The summed E-state index contributed by atoms with van der Waals surface area (Å²) in [5.74, 6) is 0. The average molecular weight is 571 g/mol. The lowest BCUT2D eigenvalue weighted by molar-refractivity contribution is 0.464. The summed E-state index contributed by atoms with van der Waals surface area (Å²) in [6.45, 7) is 9.22. The first kappa shape index (κ1) is 26.4. The van der Waals surface area contributed by atoms with Crippen molar-refractivity contribution in [3.05, 3.63) is 150 Å². The van der Waals surface area contributed by atoms with Gasteiger partial charge in [0, 0.05) is 34.3 Å². The van der Waals surface area contributed by atoms with Gasteiger partial charge in [-0.25, -0.2) is 0 Å². The highest BCUT2D eigenvalue weighted by atomic mass is 15.1. The van der Waals surface area contributed by atoms with Crippen molar-refractivity contribution < 1.29 is 0 Å². The van der Waals surface area contributed by atoms with Crippen LogP contribution in [0.3, 0.4) is 0 Å². The van der Waals surface area contributed by atoms with E-state index in [2.05, 4.69) is 146 Å². The lowest BCUT2D eigenvalue weighted by atomic mass is 9.77. The van der Waals surface area contributed by atoms with E-state index in [1.165, 1.54) is 38.5 Å². The predicted molar refractivity (Wildman–Crippen MR) is 183 cm³/mol. The van der Waals surface area contributed by atoms with E-state index in [9.17, 15) is 0 Å². The third-order valence-corrected chi connectivity index (χ3v) is 9.57. The summed E-state index contributed by atoms with van der Waals surface area (Å²) in [6, 6.07) is 43.7. The summed E-state index contributed by atoms with van der Waals surface area (Å²) in [6.07, 6.45) is 3.76. The maximum Gasteiger partial charge on any atom is 0.0963 e.